The SMILES string of the molecule is CC(C)(C#Cc1cc(N(C(=O)[C@H]2CC[C@H](C)CC2)[C@H]2CC[C@H](OC3CCCC3)CC2)c(C(=O)O)s1)CCOC1CCOCC1. The number of hydrogen-bond donors (Lipinski definition) is 1. The fourth-order valence-corrected chi connectivity index (χ4v) is 8.17. The van der Waals surface area contributed by atoms with Crippen LogP contribution in [0, 0.1) is 29.1 Å². The summed E-state index contributed by atoms with van der Waals surface area (Å²) in [5.74, 6) is 6.38. The molecule has 1 aromatic rings. The summed E-state index contributed by atoms with van der Waals surface area (Å²) in [4.78, 5) is 29.7. The number of aromatic carboxylic acids is 1. The Morgan fingerprint density at radius 3 is 2.27 bits per heavy atom. The molecule has 1 saturated heterocycles. The van der Waals surface area contributed by atoms with Crippen LogP contribution in [-0.2, 0) is 19.0 Å². The first-order chi connectivity index (χ1) is 21.2. The highest BCUT2D eigenvalue weighted by Gasteiger charge is 2.38. The van der Waals surface area contributed by atoms with E-state index in [9.17, 15) is 14.7 Å². The van der Waals surface area contributed by atoms with Gasteiger partial charge in [0.25, 0.3) is 0 Å². The van der Waals surface area contributed by atoms with Crippen molar-refractivity contribution < 1.29 is 28.9 Å². The Labute approximate surface area is 268 Å². The minimum absolute atomic E-state index is 0.0161. The van der Waals surface area contributed by atoms with Gasteiger partial charge in [-0.25, -0.2) is 4.79 Å². The molecule has 4 fully saturated rings. The van der Waals surface area contributed by atoms with Crippen molar-refractivity contribution in [3.05, 3.63) is 15.8 Å². The Balaban J connectivity index is 1.32. The zero-order chi connectivity index (χ0) is 31.1. The molecule has 8 heteroatoms. The van der Waals surface area contributed by atoms with Crippen LogP contribution in [0.15, 0.2) is 6.07 Å². The molecule has 7 nitrogen and oxygen atoms in total. The van der Waals surface area contributed by atoms with Gasteiger partial charge in [-0.1, -0.05) is 31.6 Å². The molecule has 0 aromatic carbocycles. The van der Waals surface area contributed by atoms with Crippen LogP contribution in [0.25, 0.3) is 0 Å². The van der Waals surface area contributed by atoms with E-state index in [0.29, 0.717) is 29.2 Å². The summed E-state index contributed by atoms with van der Waals surface area (Å²) >= 11 is 1.20. The number of carboxylic acids is 1. The third-order valence-electron chi connectivity index (χ3n) is 10.2. The smallest absolute Gasteiger partial charge is 0.348 e. The normalized spacial score (nSPS) is 27.1. The summed E-state index contributed by atoms with van der Waals surface area (Å²) in [5, 5.41) is 10.3. The van der Waals surface area contributed by atoms with E-state index in [2.05, 4.69) is 32.6 Å². The molecule has 3 aliphatic carbocycles. The second kappa shape index (κ2) is 15.6. The maximum atomic E-state index is 14.3. The lowest BCUT2D eigenvalue weighted by atomic mass is 9.81. The molecule has 0 bridgehead atoms. The number of carboxylic acid groups (broad SMARTS) is 1. The van der Waals surface area contributed by atoms with Gasteiger partial charge in [-0.2, -0.15) is 0 Å². The van der Waals surface area contributed by atoms with Crippen LogP contribution in [0.5, 0.6) is 0 Å². The van der Waals surface area contributed by atoms with Crippen molar-refractivity contribution in [2.45, 2.75) is 141 Å². The zero-order valence-electron chi connectivity index (χ0n) is 27.1. The molecule has 244 valence electrons. The molecular formula is C36H53NO6S. The quantitative estimate of drug-likeness (QED) is 0.266. The summed E-state index contributed by atoms with van der Waals surface area (Å²) in [6.45, 7) is 8.62. The molecular weight excluding hydrogens is 574 g/mol. The van der Waals surface area contributed by atoms with Gasteiger partial charge in [0.2, 0.25) is 5.91 Å². The topological polar surface area (TPSA) is 85.3 Å². The van der Waals surface area contributed by atoms with E-state index in [1.807, 2.05) is 11.0 Å². The van der Waals surface area contributed by atoms with Crippen LogP contribution in [0.1, 0.15) is 132 Å². The maximum absolute atomic E-state index is 14.3. The molecule has 0 unspecified atom stereocenters. The molecule has 0 radical (unpaired) electrons. The Bertz CT molecular complexity index is 1150. The first kappa shape index (κ1) is 33.4. The predicted octanol–water partition coefficient (Wildman–Crippen LogP) is 7.84. The summed E-state index contributed by atoms with van der Waals surface area (Å²) in [6.07, 6.45) is 15.7. The van der Waals surface area contributed by atoms with E-state index in [0.717, 1.165) is 96.7 Å². The van der Waals surface area contributed by atoms with Crippen LogP contribution in [0.3, 0.4) is 0 Å². The fourth-order valence-electron chi connectivity index (χ4n) is 7.33. The van der Waals surface area contributed by atoms with Crippen molar-refractivity contribution in [1.82, 2.24) is 0 Å². The van der Waals surface area contributed by atoms with Gasteiger partial charge in [-0.3, -0.25) is 4.79 Å². The van der Waals surface area contributed by atoms with Crippen molar-refractivity contribution in [1.29, 1.82) is 0 Å². The highest BCUT2D eigenvalue weighted by molar-refractivity contribution is 7.15. The highest BCUT2D eigenvalue weighted by Crippen LogP contribution is 2.40. The molecule has 1 aliphatic heterocycles. The van der Waals surface area contributed by atoms with E-state index in [-0.39, 0.29) is 40.4 Å². The van der Waals surface area contributed by atoms with Crippen LogP contribution in [0.4, 0.5) is 5.69 Å². The monoisotopic (exact) mass is 627 g/mol. The van der Waals surface area contributed by atoms with Gasteiger partial charge >= 0.3 is 5.97 Å². The molecule has 3 saturated carbocycles. The molecule has 0 spiro atoms. The van der Waals surface area contributed by atoms with Crippen LogP contribution in [-0.4, -0.2) is 61.2 Å². The van der Waals surface area contributed by atoms with Crippen LogP contribution in [0.2, 0.25) is 0 Å². The van der Waals surface area contributed by atoms with Crippen LogP contribution < -0.4 is 4.90 Å². The maximum Gasteiger partial charge on any atom is 0.348 e. The molecule has 1 amide bonds. The van der Waals surface area contributed by atoms with Gasteiger partial charge in [0.05, 0.1) is 28.9 Å². The van der Waals surface area contributed by atoms with Gasteiger partial charge in [0.15, 0.2) is 0 Å². The summed E-state index contributed by atoms with van der Waals surface area (Å²) in [5.41, 5.74) is 0.251. The number of anilines is 1. The van der Waals surface area contributed by atoms with Crippen LogP contribution >= 0.6 is 11.3 Å². The summed E-state index contributed by atoms with van der Waals surface area (Å²) in [7, 11) is 0. The molecule has 0 atom stereocenters. The number of amides is 1. The Kier molecular flexibility index (Phi) is 11.8. The van der Waals surface area contributed by atoms with Crippen molar-refractivity contribution >= 4 is 28.9 Å². The minimum atomic E-state index is -0.990. The lowest BCUT2D eigenvalue weighted by Crippen LogP contribution is -2.47. The zero-order valence-corrected chi connectivity index (χ0v) is 27.9. The molecule has 5 rings (SSSR count). The average Bonchev–Trinajstić information content (AvgIpc) is 3.68. The predicted molar refractivity (Wildman–Crippen MR) is 174 cm³/mol. The van der Waals surface area contributed by atoms with Gasteiger partial charge in [0, 0.05) is 37.2 Å². The molecule has 1 aromatic heterocycles. The lowest BCUT2D eigenvalue weighted by Gasteiger charge is -2.40. The van der Waals surface area contributed by atoms with E-state index in [1.54, 1.807) is 0 Å². The van der Waals surface area contributed by atoms with Gasteiger partial charge in [-0.15, -0.1) is 11.3 Å². The van der Waals surface area contributed by atoms with Gasteiger partial charge in [-0.05, 0) is 109 Å². The number of thiophene rings is 1. The number of carbonyl (C=O) groups is 2. The second-order valence-electron chi connectivity index (χ2n) is 14.3. The molecule has 4 aliphatic rings. The molecule has 1 N–H and O–H groups in total. The van der Waals surface area contributed by atoms with Gasteiger partial charge < -0.3 is 24.2 Å². The Morgan fingerprint density at radius 1 is 0.955 bits per heavy atom. The van der Waals surface area contributed by atoms with Gasteiger partial charge in [0.1, 0.15) is 4.88 Å². The largest absolute Gasteiger partial charge is 0.477 e. The second-order valence-corrected chi connectivity index (χ2v) is 15.4. The number of hydrogen-bond acceptors (Lipinski definition) is 6. The van der Waals surface area contributed by atoms with E-state index in [4.69, 9.17) is 14.2 Å². The van der Waals surface area contributed by atoms with E-state index in [1.165, 1.54) is 24.2 Å². The highest BCUT2D eigenvalue weighted by atomic mass is 32.1. The van der Waals surface area contributed by atoms with E-state index >= 15 is 0 Å². The number of nitrogens with zero attached hydrogens (tertiary/aromatic N) is 1. The van der Waals surface area contributed by atoms with Crippen molar-refractivity contribution in [2.24, 2.45) is 17.3 Å². The molecule has 2 heterocycles. The first-order valence-corrected chi connectivity index (χ1v) is 18.1. The summed E-state index contributed by atoms with van der Waals surface area (Å²) < 4.78 is 17.9. The van der Waals surface area contributed by atoms with Crippen molar-refractivity contribution in [3.63, 3.8) is 0 Å². The van der Waals surface area contributed by atoms with E-state index < -0.39 is 5.97 Å². The first-order valence-electron chi connectivity index (χ1n) is 17.3. The standard InChI is InChI=1S/C36H53NO6S/c1-25-8-10-26(11-9-25)34(38)37(27-12-14-30(15-13-27)43-29-6-4-5-7-29)32-24-31(44-33(32)35(39)40)16-19-36(2,3)20-23-42-28-17-21-41-22-18-28/h24-30H,4-15,17-18,20-23H2,1-3H3,(H,39,40)/t25-,26-,27-,30-. The number of carbonyl (C=O) groups excluding carboxylic acids is 1. The third-order valence-corrected chi connectivity index (χ3v) is 11.3. The minimum Gasteiger partial charge on any atom is -0.477 e. The fraction of sp³-hybridized carbons (Fsp3) is 0.778. The molecule has 44 heavy (non-hydrogen) atoms. The van der Waals surface area contributed by atoms with Crippen molar-refractivity contribution in [2.75, 3.05) is 24.7 Å². The average molecular weight is 628 g/mol. The Hall–Kier alpha value is -1.92. The lowest BCUT2D eigenvalue weighted by molar-refractivity contribution is -0.124. The number of ether oxygens (including phenoxy) is 3. The van der Waals surface area contributed by atoms with Crippen molar-refractivity contribution in [3.8, 4) is 11.8 Å². The third kappa shape index (κ3) is 9.09. The Morgan fingerprint density at radius 2 is 1.61 bits per heavy atom. The summed E-state index contributed by atoms with van der Waals surface area (Å²) in [6, 6.07) is 1.86. The number of rotatable bonds is 10.